The quantitative estimate of drug-likeness (QED) is 0.512. The highest BCUT2D eigenvalue weighted by Gasteiger charge is 2.46. The summed E-state index contributed by atoms with van der Waals surface area (Å²) in [6.07, 6.45) is 11.8. The number of benzene rings is 1. The smallest absolute Gasteiger partial charge is 0.269 e. The zero-order chi connectivity index (χ0) is 18.1. The van der Waals surface area contributed by atoms with Crippen LogP contribution in [0.25, 0.3) is 0 Å². The Morgan fingerprint density at radius 2 is 1.92 bits per heavy atom. The lowest BCUT2D eigenvalue weighted by molar-refractivity contribution is -0.384. The van der Waals surface area contributed by atoms with E-state index in [0.717, 1.165) is 23.0 Å². The molecule has 1 aromatic carbocycles. The summed E-state index contributed by atoms with van der Waals surface area (Å²) in [6, 6.07) is 5.63. The van der Waals surface area contributed by atoms with Crippen molar-refractivity contribution in [1.29, 1.82) is 0 Å². The van der Waals surface area contributed by atoms with Crippen LogP contribution in [0.15, 0.2) is 23.2 Å². The van der Waals surface area contributed by atoms with Gasteiger partial charge in [0, 0.05) is 29.5 Å². The zero-order valence-electron chi connectivity index (χ0n) is 15.4. The van der Waals surface area contributed by atoms with Gasteiger partial charge in [-0.15, -0.1) is 0 Å². The van der Waals surface area contributed by atoms with Gasteiger partial charge in [-0.3, -0.25) is 10.1 Å². The van der Waals surface area contributed by atoms with Gasteiger partial charge in [0.15, 0.2) is 5.17 Å². The molecule has 6 heteroatoms. The number of nitrogens with zero attached hydrogens (tertiary/aromatic N) is 3. The molecular formula is C20H27N3O2S. The largest absolute Gasteiger partial charge is 0.347 e. The number of amidine groups is 1. The van der Waals surface area contributed by atoms with Crippen LogP contribution < -0.4 is 0 Å². The van der Waals surface area contributed by atoms with E-state index in [9.17, 15) is 10.1 Å². The number of aliphatic imine (C=N–C) groups is 1. The second kappa shape index (κ2) is 7.22. The van der Waals surface area contributed by atoms with Crippen LogP contribution in [0.3, 0.4) is 0 Å². The SMILES string of the molecule is Cc1cc([N+](=O)[O-])ccc1N=C1SC2(CCCC2)CN1C1CCCCC1. The minimum atomic E-state index is -0.337. The maximum absolute atomic E-state index is 11.0. The van der Waals surface area contributed by atoms with Gasteiger partial charge in [0.2, 0.25) is 0 Å². The summed E-state index contributed by atoms with van der Waals surface area (Å²) in [5.74, 6) is 0. The van der Waals surface area contributed by atoms with Crippen LogP contribution in [0.4, 0.5) is 11.4 Å². The normalized spacial score (nSPS) is 24.7. The van der Waals surface area contributed by atoms with Crippen molar-refractivity contribution in [2.45, 2.75) is 75.5 Å². The maximum atomic E-state index is 11.0. The molecule has 4 rings (SSSR count). The van der Waals surface area contributed by atoms with Crippen molar-refractivity contribution < 1.29 is 4.92 Å². The van der Waals surface area contributed by atoms with E-state index in [2.05, 4.69) is 4.90 Å². The summed E-state index contributed by atoms with van der Waals surface area (Å²) in [4.78, 5) is 18.3. The average Bonchev–Trinajstić information content (AvgIpc) is 3.24. The summed E-state index contributed by atoms with van der Waals surface area (Å²) < 4.78 is 0.352. The molecule has 2 saturated carbocycles. The van der Waals surface area contributed by atoms with E-state index >= 15 is 0 Å². The van der Waals surface area contributed by atoms with Gasteiger partial charge in [-0.2, -0.15) is 0 Å². The summed E-state index contributed by atoms with van der Waals surface area (Å²) in [5, 5.41) is 12.1. The minimum absolute atomic E-state index is 0.141. The van der Waals surface area contributed by atoms with E-state index in [0.29, 0.717) is 10.8 Å². The maximum Gasteiger partial charge on any atom is 0.269 e. The first-order valence-electron chi connectivity index (χ1n) is 9.86. The molecule has 0 N–H and O–H groups in total. The lowest BCUT2D eigenvalue weighted by Crippen LogP contribution is -2.40. The summed E-state index contributed by atoms with van der Waals surface area (Å²) in [6.45, 7) is 3.05. The first-order chi connectivity index (χ1) is 12.6. The standard InChI is InChI=1S/C20H27N3O2S/c1-15-13-17(23(24)25)9-10-18(15)21-19-22(16-7-3-2-4-8-16)14-20(26-19)11-5-6-12-20/h9-10,13,16H,2-8,11-12,14H2,1H3. The van der Waals surface area contributed by atoms with Gasteiger partial charge >= 0.3 is 0 Å². The van der Waals surface area contributed by atoms with Crippen LogP contribution in [0.1, 0.15) is 63.4 Å². The van der Waals surface area contributed by atoms with E-state index in [4.69, 9.17) is 4.99 Å². The molecule has 0 atom stereocenters. The molecule has 140 valence electrons. The van der Waals surface area contributed by atoms with Crippen LogP contribution >= 0.6 is 11.8 Å². The molecule has 0 bridgehead atoms. The number of aryl methyl sites for hydroxylation is 1. The first-order valence-corrected chi connectivity index (χ1v) is 10.7. The van der Waals surface area contributed by atoms with Gasteiger partial charge in [-0.25, -0.2) is 4.99 Å². The van der Waals surface area contributed by atoms with Gasteiger partial charge < -0.3 is 4.90 Å². The summed E-state index contributed by atoms with van der Waals surface area (Å²) >= 11 is 1.98. The number of nitro benzene ring substituents is 1. The van der Waals surface area contributed by atoms with Crippen molar-refractivity contribution >= 4 is 28.3 Å². The molecule has 0 radical (unpaired) electrons. The first kappa shape index (κ1) is 17.8. The average molecular weight is 374 g/mol. The Bertz CT molecular complexity index is 722. The topological polar surface area (TPSA) is 58.7 Å². The molecule has 1 spiro atoms. The molecule has 5 nitrogen and oxygen atoms in total. The highest BCUT2D eigenvalue weighted by Crippen LogP contribution is 2.50. The molecule has 1 aromatic rings. The lowest BCUT2D eigenvalue weighted by atomic mass is 9.93. The van der Waals surface area contributed by atoms with Crippen LogP contribution in [0.2, 0.25) is 0 Å². The minimum Gasteiger partial charge on any atom is -0.347 e. The Labute approximate surface area is 159 Å². The Kier molecular flexibility index (Phi) is 4.95. The number of rotatable bonds is 3. The van der Waals surface area contributed by atoms with E-state index in [1.54, 1.807) is 18.2 Å². The Morgan fingerprint density at radius 3 is 2.58 bits per heavy atom. The number of non-ortho nitro benzene ring substituents is 1. The van der Waals surface area contributed by atoms with Crippen LogP contribution in [0.5, 0.6) is 0 Å². The fourth-order valence-corrected chi connectivity index (χ4v) is 6.25. The molecule has 0 aromatic heterocycles. The molecule has 3 fully saturated rings. The molecule has 26 heavy (non-hydrogen) atoms. The molecule has 2 aliphatic carbocycles. The van der Waals surface area contributed by atoms with Gasteiger partial charge in [0.1, 0.15) is 0 Å². The van der Waals surface area contributed by atoms with E-state index in [-0.39, 0.29) is 10.6 Å². The fourth-order valence-electron chi connectivity index (χ4n) is 4.69. The predicted octanol–water partition coefficient (Wildman–Crippen LogP) is 5.59. The predicted molar refractivity (Wildman–Crippen MR) is 107 cm³/mol. The second-order valence-corrected chi connectivity index (χ2v) is 9.47. The fraction of sp³-hybridized carbons (Fsp3) is 0.650. The molecular weight excluding hydrogens is 346 g/mol. The van der Waals surface area contributed by atoms with E-state index < -0.39 is 0 Å². The van der Waals surface area contributed by atoms with Gasteiger partial charge in [-0.1, -0.05) is 43.9 Å². The highest BCUT2D eigenvalue weighted by molar-refractivity contribution is 8.15. The molecule has 0 amide bonds. The monoisotopic (exact) mass is 373 g/mol. The molecule has 0 unspecified atom stereocenters. The second-order valence-electron chi connectivity index (χ2n) is 8.03. The van der Waals surface area contributed by atoms with Crippen molar-refractivity contribution in [1.82, 2.24) is 4.90 Å². The third kappa shape index (κ3) is 3.48. The van der Waals surface area contributed by atoms with Crippen molar-refractivity contribution in [3.63, 3.8) is 0 Å². The molecule has 1 heterocycles. The van der Waals surface area contributed by atoms with Gasteiger partial charge in [0.05, 0.1) is 10.6 Å². The molecule has 3 aliphatic rings. The van der Waals surface area contributed by atoms with Crippen molar-refractivity contribution in [2.75, 3.05) is 6.54 Å². The Hall–Kier alpha value is -1.56. The third-order valence-electron chi connectivity index (χ3n) is 6.15. The summed E-state index contributed by atoms with van der Waals surface area (Å²) in [7, 11) is 0. The number of nitro groups is 1. The van der Waals surface area contributed by atoms with E-state index in [1.165, 1.54) is 57.8 Å². The number of hydrogen-bond donors (Lipinski definition) is 0. The van der Waals surface area contributed by atoms with Crippen LogP contribution in [-0.4, -0.2) is 32.3 Å². The highest BCUT2D eigenvalue weighted by atomic mass is 32.2. The zero-order valence-corrected chi connectivity index (χ0v) is 16.3. The van der Waals surface area contributed by atoms with Gasteiger partial charge in [0.25, 0.3) is 5.69 Å². The Balaban J connectivity index is 1.64. The van der Waals surface area contributed by atoms with Crippen LogP contribution in [-0.2, 0) is 0 Å². The molecule has 1 aliphatic heterocycles. The van der Waals surface area contributed by atoms with Crippen molar-refractivity contribution in [2.24, 2.45) is 4.99 Å². The van der Waals surface area contributed by atoms with Gasteiger partial charge in [-0.05, 0) is 44.2 Å². The van der Waals surface area contributed by atoms with Crippen LogP contribution in [0, 0.1) is 17.0 Å². The lowest BCUT2D eigenvalue weighted by Gasteiger charge is -2.33. The number of thioether (sulfide) groups is 1. The van der Waals surface area contributed by atoms with Crippen molar-refractivity contribution in [3.8, 4) is 0 Å². The van der Waals surface area contributed by atoms with Crippen molar-refractivity contribution in [3.05, 3.63) is 33.9 Å². The molecule has 1 saturated heterocycles. The Morgan fingerprint density at radius 1 is 1.19 bits per heavy atom. The third-order valence-corrected chi connectivity index (χ3v) is 7.63. The van der Waals surface area contributed by atoms with E-state index in [1.807, 2.05) is 18.7 Å². The summed E-state index contributed by atoms with van der Waals surface area (Å²) in [5.41, 5.74) is 1.89. The number of hydrogen-bond acceptors (Lipinski definition) is 4.